The van der Waals surface area contributed by atoms with Crippen LogP contribution in [0.2, 0.25) is 0 Å². The standard InChI is InChI=1S/C7H4F10O2/c8-4(9,6(12,13)14)2(18)1-3(19)5(10,11)7(15,16)17/h2-3H,1H2/q-2. The largest absolute Gasteiger partial charge is 0.847 e. The van der Waals surface area contributed by atoms with Gasteiger partial charge in [-0.2, -0.15) is 43.9 Å². The fraction of sp³-hybridized carbons (Fsp3) is 1.00. The van der Waals surface area contributed by atoms with E-state index in [2.05, 4.69) is 0 Å². The van der Waals surface area contributed by atoms with Gasteiger partial charge < -0.3 is 10.2 Å². The third-order valence-corrected chi connectivity index (χ3v) is 1.99. The van der Waals surface area contributed by atoms with E-state index in [-0.39, 0.29) is 0 Å². The van der Waals surface area contributed by atoms with Crippen LogP contribution in [0.1, 0.15) is 6.42 Å². The number of hydrogen-bond donors (Lipinski definition) is 0. The van der Waals surface area contributed by atoms with Gasteiger partial charge in [0.1, 0.15) is 0 Å². The van der Waals surface area contributed by atoms with Crippen LogP contribution in [0.5, 0.6) is 0 Å². The van der Waals surface area contributed by atoms with E-state index in [0.717, 1.165) is 0 Å². The number of alkyl halides is 10. The lowest BCUT2D eigenvalue weighted by atomic mass is 10.0. The Bertz CT molecular complexity index is 276. The van der Waals surface area contributed by atoms with E-state index in [1.165, 1.54) is 0 Å². The Morgan fingerprint density at radius 3 is 0.947 bits per heavy atom. The van der Waals surface area contributed by atoms with Crippen molar-refractivity contribution in [3.63, 3.8) is 0 Å². The van der Waals surface area contributed by atoms with Crippen LogP contribution in [0.15, 0.2) is 0 Å². The van der Waals surface area contributed by atoms with Gasteiger partial charge in [0, 0.05) is 0 Å². The smallest absolute Gasteiger partial charge is 0.452 e. The molecule has 0 bridgehead atoms. The minimum atomic E-state index is -6.45. The molecule has 0 heterocycles. The second kappa shape index (κ2) is 4.96. The average Bonchev–Trinajstić information content (AvgIpc) is 2.13. The summed E-state index contributed by atoms with van der Waals surface area (Å²) in [7, 11) is 0. The number of rotatable bonds is 4. The van der Waals surface area contributed by atoms with E-state index >= 15 is 0 Å². The van der Waals surface area contributed by atoms with Crippen molar-refractivity contribution in [2.45, 2.75) is 42.8 Å². The highest BCUT2D eigenvalue weighted by Crippen LogP contribution is 2.42. The van der Waals surface area contributed by atoms with Crippen molar-refractivity contribution in [3.05, 3.63) is 0 Å². The molecule has 0 aliphatic carbocycles. The van der Waals surface area contributed by atoms with Crippen molar-refractivity contribution in [3.8, 4) is 0 Å². The van der Waals surface area contributed by atoms with E-state index in [0.29, 0.717) is 0 Å². The Morgan fingerprint density at radius 1 is 0.579 bits per heavy atom. The Balaban J connectivity index is 4.99. The van der Waals surface area contributed by atoms with Crippen molar-refractivity contribution in [1.82, 2.24) is 0 Å². The van der Waals surface area contributed by atoms with Crippen LogP contribution in [-0.2, 0) is 0 Å². The third-order valence-electron chi connectivity index (χ3n) is 1.99. The molecule has 2 unspecified atom stereocenters. The number of halogens is 10. The van der Waals surface area contributed by atoms with Gasteiger partial charge in [-0.3, -0.25) is 0 Å². The molecule has 0 aromatic rings. The molecule has 19 heavy (non-hydrogen) atoms. The van der Waals surface area contributed by atoms with Gasteiger partial charge in [-0.1, -0.05) is 18.6 Å². The summed E-state index contributed by atoms with van der Waals surface area (Å²) in [5.74, 6) is -12.2. The maximum absolute atomic E-state index is 12.3. The predicted molar refractivity (Wildman–Crippen MR) is 34.2 cm³/mol. The first-order valence-corrected chi connectivity index (χ1v) is 4.26. The summed E-state index contributed by atoms with van der Waals surface area (Å²) in [6, 6.07) is 0. The Kier molecular flexibility index (Phi) is 4.76. The lowest BCUT2D eigenvalue weighted by Crippen LogP contribution is -2.61. The SMILES string of the molecule is [O-]C(CC([O-])C(F)(F)C(F)(F)F)C(F)(F)C(F)(F)F. The second-order valence-electron chi connectivity index (χ2n) is 3.45. The van der Waals surface area contributed by atoms with Gasteiger partial charge in [-0.05, 0) is 0 Å². The van der Waals surface area contributed by atoms with E-state index in [9.17, 15) is 54.1 Å². The molecule has 0 amide bonds. The Morgan fingerprint density at radius 2 is 0.789 bits per heavy atom. The highest BCUT2D eigenvalue weighted by atomic mass is 19.4. The molecule has 0 spiro atoms. The molecule has 0 aromatic carbocycles. The van der Waals surface area contributed by atoms with E-state index in [4.69, 9.17) is 0 Å². The molecule has 0 fully saturated rings. The molecule has 2 nitrogen and oxygen atoms in total. The summed E-state index contributed by atoms with van der Waals surface area (Å²) >= 11 is 0. The predicted octanol–water partition coefficient (Wildman–Crippen LogP) is 1.23. The van der Waals surface area contributed by atoms with Crippen molar-refractivity contribution in [1.29, 1.82) is 0 Å². The Hall–Kier alpha value is -0.780. The van der Waals surface area contributed by atoms with Crippen molar-refractivity contribution >= 4 is 0 Å². The normalized spacial score (nSPS) is 18.3. The Labute approximate surface area is 98.2 Å². The van der Waals surface area contributed by atoms with Crippen LogP contribution in [0, 0.1) is 0 Å². The lowest BCUT2D eigenvalue weighted by molar-refractivity contribution is -0.534. The third kappa shape index (κ3) is 3.61. The fourth-order valence-corrected chi connectivity index (χ4v) is 0.856. The van der Waals surface area contributed by atoms with Gasteiger partial charge in [0.2, 0.25) is 0 Å². The molecule has 0 aromatic heterocycles. The zero-order chi connectivity index (χ0) is 15.9. The van der Waals surface area contributed by atoms with Gasteiger partial charge in [-0.15, -0.1) is 0 Å². The molecular weight excluding hydrogens is 306 g/mol. The highest BCUT2D eigenvalue weighted by molar-refractivity contribution is 4.90. The summed E-state index contributed by atoms with van der Waals surface area (Å²) in [5, 5.41) is 20.8. The summed E-state index contributed by atoms with van der Waals surface area (Å²) in [5.41, 5.74) is 0. The first kappa shape index (κ1) is 18.2. The average molecular weight is 310 g/mol. The molecule has 0 N–H and O–H groups in total. The van der Waals surface area contributed by atoms with E-state index < -0.39 is 42.8 Å². The molecule has 2 atom stereocenters. The van der Waals surface area contributed by atoms with Crippen molar-refractivity contribution in [2.75, 3.05) is 0 Å². The summed E-state index contributed by atoms with van der Waals surface area (Å²) in [4.78, 5) is 0. The van der Waals surface area contributed by atoms with Crippen molar-refractivity contribution < 1.29 is 54.1 Å². The van der Waals surface area contributed by atoms with E-state index in [1.54, 1.807) is 0 Å². The van der Waals surface area contributed by atoms with Crippen LogP contribution in [0.3, 0.4) is 0 Å². The lowest BCUT2D eigenvalue weighted by Gasteiger charge is -2.40. The van der Waals surface area contributed by atoms with Crippen LogP contribution in [0.4, 0.5) is 43.9 Å². The van der Waals surface area contributed by atoms with Crippen LogP contribution >= 0.6 is 0 Å². The monoisotopic (exact) mass is 310 g/mol. The molecule has 0 aliphatic rings. The molecule has 0 rings (SSSR count). The van der Waals surface area contributed by atoms with Crippen LogP contribution < -0.4 is 10.2 Å². The zero-order valence-corrected chi connectivity index (χ0v) is 8.46. The topological polar surface area (TPSA) is 46.1 Å². The first-order valence-electron chi connectivity index (χ1n) is 4.26. The molecule has 116 valence electrons. The summed E-state index contributed by atoms with van der Waals surface area (Å²) in [6.07, 6.45) is -24.2. The molecule has 0 radical (unpaired) electrons. The van der Waals surface area contributed by atoms with Crippen LogP contribution in [0.25, 0.3) is 0 Å². The maximum atomic E-state index is 12.3. The molecule has 0 saturated carbocycles. The van der Waals surface area contributed by atoms with E-state index in [1.807, 2.05) is 0 Å². The second-order valence-corrected chi connectivity index (χ2v) is 3.45. The summed E-state index contributed by atoms with van der Waals surface area (Å²) < 4.78 is 119. The van der Waals surface area contributed by atoms with Gasteiger partial charge in [0.25, 0.3) is 0 Å². The minimum absolute atomic E-state index is 2.74. The van der Waals surface area contributed by atoms with Gasteiger partial charge in [-0.25, -0.2) is 0 Å². The minimum Gasteiger partial charge on any atom is -0.847 e. The highest BCUT2D eigenvalue weighted by Gasteiger charge is 2.61. The first-order chi connectivity index (χ1) is 8.05. The van der Waals surface area contributed by atoms with Crippen molar-refractivity contribution in [2.24, 2.45) is 0 Å². The number of hydrogen-bond acceptors (Lipinski definition) is 2. The van der Waals surface area contributed by atoms with Crippen LogP contribution in [-0.4, -0.2) is 36.4 Å². The molecule has 12 heteroatoms. The van der Waals surface area contributed by atoms with Gasteiger partial charge in [0.15, 0.2) is 0 Å². The molecule has 0 saturated heterocycles. The van der Waals surface area contributed by atoms with Gasteiger partial charge >= 0.3 is 24.2 Å². The molecule has 0 aliphatic heterocycles. The maximum Gasteiger partial charge on any atom is 0.452 e. The fourth-order valence-electron chi connectivity index (χ4n) is 0.856. The zero-order valence-electron chi connectivity index (χ0n) is 8.46. The quantitative estimate of drug-likeness (QED) is 0.733. The van der Waals surface area contributed by atoms with Gasteiger partial charge in [0.05, 0.1) is 0 Å². The molecular formula is C7H4F10O2-2. The summed E-state index contributed by atoms with van der Waals surface area (Å²) in [6.45, 7) is 0.